The molecule has 1 heterocycles. The van der Waals surface area contributed by atoms with Crippen LogP contribution in [0.15, 0.2) is 5.38 Å². The Bertz CT molecular complexity index is 442. The third-order valence-electron chi connectivity index (χ3n) is 2.34. The fourth-order valence-corrected chi connectivity index (χ4v) is 2.15. The summed E-state index contributed by atoms with van der Waals surface area (Å²) in [6, 6.07) is -0.328. The second kappa shape index (κ2) is 5.92. The van der Waals surface area contributed by atoms with Crippen molar-refractivity contribution in [3.63, 3.8) is 0 Å². The van der Waals surface area contributed by atoms with Gasteiger partial charge in [-0.2, -0.15) is 0 Å². The largest absolute Gasteiger partial charge is 0.368 e. The molecule has 0 saturated heterocycles. The standard InChI is InChI=1S/C11H18N4O2S/c1-6(2)15(4-9(13)16)11(17)8-5-18-10(14-8)7(3)12/h5-7H,4,12H2,1-3H3,(H2,13,16). The summed E-state index contributed by atoms with van der Waals surface area (Å²) in [6.45, 7) is 5.33. The van der Waals surface area contributed by atoms with Crippen LogP contribution in [0.2, 0.25) is 0 Å². The Morgan fingerprint density at radius 2 is 2.06 bits per heavy atom. The van der Waals surface area contributed by atoms with Crippen molar-refractivity contribution in [1.82, 2.24) is 9.88 Å². The van der Waals surface area contributed by atoms with Crippen molar-refractivity contribution >= 4 is 23.2 Å². The van der Waals surface area contributed by atoms with E-state index in [1.807, 2.05) is 13.8 Å². The number of hydrogen-bond donors (Lipinski definition) is 2. The number of nitrogens with zero attached hydrogens (tertiary/aromatic N) is 2. The van der Waals surface area contributed by atoms with Crippen LogP contribution in [0.3, 0.4) is 0 Å². The molecule has 2 amide bonds. The third kappa shape index (κ3) is 3.51. The highest BCUT2D eigenvalue weighted by Crippen LogP contribution is 2.17. The van der Waals surface area contributed by atoms with Crippen LogP contribution in [-0.2, 0) is 4.79 Å². The molecule has 1 atom stereocenters. The number of nitrogens with two attached hydrogens (primary N) is 2. The van der Waals surface area contributed by atoms with E-state index in [0.717, 1.165) is 0 Å². The van der Waals surface area contributed by atoms with Gasteiger partial charge >= 0.3 is 0 Å². The smallest absolute Gasteiger partial charge is 0.274 e. The molecule has 0 spiro atoms. The van der Waals surface area contributed by atoms with Gasteiger partial charge in [-0.15, -0.1) is 11.3 Å². The summed E-state index contributed by atoms with van der Waals surface area (Å²) in [5.41, 5.74) is 11.1. The molecule has 0 aliphatic heterocycles. The number of carbonyl (C=O) groups is 2. The van der Waals surface area contributed by atoms with Crippen molar-refractivity contribution in [2.45, 2.75) is 32.9 Å². The van der Waals surface area contributed by atoms with Crippen LogP contribution in [0.1, 0.15) is 42.3 Å². The normalized spacial score (nSPS) is 12.5. The maximum absolute atomic E-state index is 12.2. The second-order valence-corrected chi connectivity index (χ2v) is 5.24. The van der Waals surface area contributed by atoms with E-state index in [1.54, 1.807) is 12.3 Å². The molecule has 1 aromatic rings. The highest BCUT2D eigenvalue weighted by atomic mass is 32.1. The van der Waals surface area contributed by atoms with Gasteiger partial charge in [0.15, 0.2) is 0 Å². The quantitative estimate of drug-likeness (QED) is 0.813. The molecule has 0 bridgehead atoms. The number of primary amides is 1. The van der Waals surface area contributed by atoms with Gasteiger partial charge in [0.1, 0.15) is 10.7 Å². The van der Waals surface area contributed by atoms with Crippen LogP contribution in [0, 0.1) is 0 Å². The Labute approximate surface area is 110 Å². The van der Waals surface area contributed by atoms with Gasteiger partial charge in [0.25, 0.3) is 5.91 Å². The predicted octanol–water partition coefficient (Wildman–Crippen LogP) is 0.499. The molecule has 4 N–H and O–H groups in total. The molecule has 6 nitrogen and oxygen atoms in total. The Kier molecular flexibility index (Phi) is 4.80. The topological polar surface area (TPSA) is 102 Å². The van der Waals surface area contributed by atoms with Gasteiger partial charge in [-0.05, 0) is 20.8 Å². The predicted molar refractivity (Wildman–Crippen MR) is 70.1 cm³/mol. The minimum Gasteiger partial charge on any atom is -0.368 e. The minimum atomic E-state index is -0.542. The highest BCUT2D eigenvalue weighted by Gasteiger charge is 2.23. The molecule has 0 aromatic carbocycles. The van der Waals surface area contributed by atoms with E-state index in [9.17, 15) is 9.59 Å². The van der Waals surface area contributed by atoms with Crippen molar-refractivity contribution in [3.8, 4) is 0 Å². The fraction of sp³-hybridized carbons (Fsp3) is 0.545. The number of aromatic nitrogens is 1. The molecule has 1 rings (SSSR count). The Hall–Kier alpha value is -1.47. The molecular weight excluding hydrogens is 252 g/mol. The van der Waals surface area contributed by atoms with Crippen molar-refractivity contribution in [2.24, 2.45) is 11.5 Å². The van der Waals surface area contributed by atoms with Crippen LogP contribution >= 0.6 is 11.3 Å². The van der Waals surface area contributed by atoms with Gasteiger partial charge in [-0.25, -0.2) is 4.98 Å². The first-order valence-corrected chi connectivity index (χ1v) is 6.51. The lowest BCUT2D eigenvalue weighted by atomic mass is 10.2. The maximum Gasteiger partial charge on any atom is 0.274 e. The van der Waals surface area contributed by atoms with Crippen LogP contribution in [-0.4, -0.2) is 34.3 Å². The van der Waals surface area contributed by atoms with Crippen molar-refractivity contribution in [3.05, 3.63) is 16.1 Å². The average molecular weight is 270 g/mol. The molecule has 100 valence electrons. The van der Waals surface area contributed by atoms with Crippen molar-refractivity contribution < 1.29 is 9.59 Å². The molecule has 7 heteroatoms. The van der Waals surface area contributed by atoms with Crippen LogP contribution in [0.25, 0.3) is 0 Å². The first kappa shape index (κ1) is 14.6. The molecule has 18 heavy (non-hydrogen) atoms. The lowest BCUT2D eigenvalue weighted by molar-refractivity contribution is -0.119. The fourth-order valence-electron chi connectivity index (χ4n) is 1.40. The molecule has 0 aliphatic carbocycles. The summed E-state index contributed by atoms with van der Waals surface area (Å²) >= 11 is 1.33. The minimum absolute atomic E-state index is 0.110. The van der Waals surface area contributed by atoms with E-state index in [0.29, 0.717) is 10.7 Å². The zero-order valence-corrected chi connectivity index (χ0v) is 11.5. The van der Waals surface area contributed by atoms with Gasteiger partial charge < -0.3 is 16.4 Å². The summed E-state index contributed by atoms with van der Waals surface area (Å²) in [4.78, 5) is 28.7. The van der Waals surface area contributed by atoms with Crippen molar-refractivity contribution in [2.75, 3.05) is 6.54 Å². The van der Waals surface area contributed by atoms with Gasteiger partial charge in [-0.3, -0.25) is 9.59 Å². The molecule has 1 unspecified atom stereocenters. The zero-order valence-electron chi connectivity index (χ0n) is 10.7. The van der Waals surface area contributed by atoms with E-state index in [-0.39, 0.29) is 24.5 Å². The second-order valence-electron chi connectivity index (χ2n) is 4.35. The van der Waals surface area contributed by atoms with Crippen LogP contribution in [0.4, 0.5) is 0 Å². The molecule has 1 aromatic heterocycles. The van der Waals surface area contributed by atoms with Gasteiger partial charge in [-0.1, -0.05) is 0 Å². The van der Waals surface area contributed by atoms with E-state index < -0.39 is 5.91 Å². The van der Waals surface area contributed by atoms with E-state index in [4.69, 9.17) is 11.5 Å². The summed E-state index contributed by atoms with van der Waals surface area (Å²) in [7, 11) is 0. The number of amides is 2. The van der Waals surface area contributed by atoms with Crippen LogP contribution < -0.4 is 11.5 Å². The lowest BCUT2D eigenvalue weighted by Crippen LogP contribution is -2.42. The summed E-state index contributed by atoms with van der Waals surface area (Å²) < 4.78 is 0. The summed E-state index contributed by atoms with van der Waals surface area (Å²) in [5.74, 6) is -0.841. The third-order valence-corrected chi connectivity index (χ3v) is 3.39. The van der Waals surface area contributed by atoms with Gasteiger partial charge in [0.2, 0.25) is 5.91 Å². The van der Waals surface area contributed by atoms with Crippen LogP contribution in [0.5, 0.6) is 0 Å². The Morgan fingerprint density at radius 3 is 2.44 bits per heavy atom. The molecule has 0 saturated carbocycles. The first-order chi connectivity index (χ1) is 8.32. The molecular formula is C11H18N4O2S. The SMILES string of the molecule is CC(N)c1nc(C(=O)N(CC(N)=O)C(C)C)cs1. The highest BCUT2D eigenvalue weighted by molar-refractivity contribution is 7.09. The van der Waals surface area contributed by atoms with Gasteiger partial charge in [0, 0.05) is 11.4 Å². The molecule has 0 radical (unpaired) electrons. The number of carbonyl (C=O) groups excluding carboxylic acids is 2. The van der Waals surface area contributed by atoms with Crippen molar-refractivity contribution in [1.29, 1.82) is 0 Å². The Balaban J connectivity index is 2.91. The first-order valence-electron chi connectivity index (χ1n) is 5.63. The van der Waals surface area contributed by atoms with Gasteiger partial charge in [0.05, 0.1) is 12.6 Å². The lowest BCUT2D eigenvalue weighted by Gasteiger charge is -2.24. The number of thiazole rings is 1. The zero-order chi connectivity index (χ0) is 13.9. The maximum atomic E-state index is 12.2. The van der Waals surface area contributed by atoms with E-state index >= 15 is 0 Å². The molecule has 0 fully saturated rings. The number of hydrogen-bond acceptors (Lipinski definition) is 5. The number of rotatable bonds is 5. The Morgan fingerprint density at radius 1 is 1.44 bits per heavy atom. The summed E-state index contributed by atoms with van der Waals surface area (Å²) in [5, 5.41) is 2.35. The monoisotopic (exact) mass is 270 g/mol. The van der Waals surface area contributed by atoms with E-state index in [1.165, 1.54) is 16.2 Å². The summed E-state index contributed by atoms with van der Waals surface area (Å²) in [6.07, 6.45) is 0. The average Bonchev–Trinajstić information content (AvgIpc) is 2.73. The van der Waals surface area contributed by atoms with E-state index in [2.05, 4.69) is 4.98 Å². The molecule has 0 aliphatic rings.